The summed E-state index contributed by atoms with van der Waals surface area (Å²) in [4.78, 5) is 10.0. The van der Waals surface area contributed by atoms with Crippen molar-refractivity contribution in [2.24, 2.45) is 0 Å². The molecule has 0 spiro atoms. The highest BCUT2D eigenvalue weighted by Gasteiger charge is 2.18. The van der Waals surface area contributed by atoms with E-state index in [2.05, 4.69) is 44.4 Å². The number of aromatic nitrogens is 1. The molecular formula is C19H22ClN3S. The molecule has 3 heterocycles. The van der Waals surface area contributed by atoms with Crippen LogP contribution in [0.4, 0.5) is 0 Å². The molecule has 1 aliphatic rings. The molecule has 126 valence electrons. The summed E-state index contributed by atoms with van der Waals surface area (Å²) in [5, 5.41) is 4.17. The summed E-state index contributed by atoms with van der Waals surface area (Å²) in [7, 11) is 0. The Morgan fingerprint density at radius 2 is 1.75 bits per heavy atom. The van der Waals surface area contributed by atoms with Crippen LogP contribution in [0.1, 0.15) is 17.0 Å². The van der Waals surface area contributed by atoms with E-state index in [4.69, 9.17) is 11.6 Å². The third kappa shape index (κ3) is 3.52. The lowest BCUT2D eigenvalue weighted by atomic mass is 10.2. The predicted molar refractivity (Wildman–Crippen MR) is 103 cm³/mol. The average Bonchev–Trinajstić information content (AvgIpc) is 3.14. The van der Waals surface area contributed by atoms with Crippen molar-refractivity contribution in [3.63, 3.8) is 0 Å². The summed E-state index contributed by atoms with van der Waals surface area (Å²) in [5.41, 5.74) is 2.27. The second-order valence-electron chi connectivity index (χ2n) is 6.45. The molecule has 4 rings (SSSR count). The van der Waals surface area contributed by atoms with Gasteiger partial charge in [0.1, 0.15) is 0 Å². The SMILES string of the molecule is Clc1c(CN2CCCN(Cc3cccs3)CC2)[nH]c2ccccc12. The van der Waals surface area contributed by atoms with Crippen molar-refractivity contribution in [3.05, 3.63) is 57.4 Å². The first-order chi connectivity index (χ1) is 11.8. The summed E-state index contributed by atoms with van der Waals surface area (Å²) in [6.45, 7) is 6.51. The number of hydrogen-bond acceptors (Lipinski definition) is 3. The Morgan fingerprint density at radius 1 is 0.958 bits per heavy atom. The van der Waals surface area contributed by atoms with Crippen LogP contribution >= 0.6 is 22.9 Å². The number of nitrogens with zero attached hydrogens (tertiary/aromatic N) is 2. The molecule has 0 atom stereocenters. The van der Waals surface area contributed by atoms with Crippen molar-refractivity contribution in [1.29, 1.82) is 0 Å². The molecule has 0 radical (unpaired) electrons. The van der Waals surface area contributed by atoms with Gasteiger partial charge in [0.25, 0.3) is 0 Å². The van der Waals surface area contributed by atoms with Crippen LogP contribution in [0.2, 0.25) is 5.02 Å². The van der Waals surface area contributed by atoms with Gasteiger partial charge >= 0.3 is 0 Å². The molecule has 0 saturated carbocycles. The number of benzene rings is 1. The third-order valence-electron chi connectivity index (χ3n) is 4.74. The van der Waals surface area contributed by atoms with Gasteiger partial charge in [-0.15, -0.1) is 11.3 Å². The highest BCUT2D eigenvalue weighted by atomic mass is 35.5. The van der Waals surface area contributed by atoms with Gasteiger partial charge in [0.05, 0.1) is 5.02 Å². The number of nitrogens with one attached hydrogen (secondary N) is 1. The van der Waals surface area contributed by atoms with Crippen LogP contribution in [0.25, 0.3) is 10.9 Å². The second-order valence-corrected chi connectivity index (χ2v) is 7.86. The number of hydrogen-bond donors (Lipinski definition) is 1. The Hall–Kier alpha value is -1.33. The molecule has 2 aromatic heterocycles. The Labute approximate surface area is 151 Å². The van der Waals surface area contributed by atoms with Gasteiger partial charge in [0.2, 0.25) is 0 Å². The van der Waals surface area contributed by atoms with Crippen LogP contribution < -0.4 is 0 Å². The monoisotopic (exact) mass is 359 g/mol. The van der Waals surface area contributed by atoms with Gasteiger partial charge in [-0.3, -0.25) is 9.80 Å². The van der Waals surface area contributed by atoms with Crippen LogP contribution in [0.15, 0.2) is 41.8 Å². The van der Waals surface area contributed by atoms with Crippen molar-refractivity contribution in [1.82, 2.24) is 14.8 Å². The summed E-state index contributed by atoms with van der Waals surface area (Å²) in [6, 6.07) is 12.6. The van der Waals surface area contributed by atoms with Crippen molar-refractivity contribution in [2.75, 3.05) is 26.2 Å². The normalized spacial score (nSPS) is 17.4. The van der Waals surface area contributed by atoms with Crippen LogP contribution in [-0.4, -0.2) is 41.0 Å². The van der Waals surface area contributed by atoms with E-state index >= 15 is 0 Å². The molecular weight excluding hydrogens is 338 g/mol. The number of para-hydroxylation sites is 1. The highest BCUT2D eigenvalue weighted by molar-refractivity contribution is 7.09. The molecule has 3 aromatic rings. The summed E-state index contributed by atoms with van der Waals surface area (Å²) in [6.07, 6.45) is 1.21. The van der Waals surface area contributed by atoms with E-state index < -0.39 is 0 Å². The van der Waals surface area contributed by atoms with E-state index in [1.54, 1.807) is 0 Å². The number of H-pyrrole nitrogens is 1. The Bertz CT molecular complexity index is 796. The fourth-order valence-corrected chi connectivity index (χ4v) is 4.48. The quantitative estimate of drug-likeness (QED) is 0.736. The third-order valence-corrected chi connectivity index (χ3v) is 6.03. The van der Waals surface area contributed by atoms with E-state index in [-0.39, 0.29) is 0 Å². The first kappa shape index (κ1) is 16.2. The average molecular weight is 360 g/mol. The number of fused-ring (bicyclic) bond motifs is 1. The van der Waals surface area contributed by atoms with E-state index in [9.17, 15) is 0 Å². The molecule has 1 aliphatic heterocycles. The van der Waals surface area contributed by atoms with Crippen molar-refractivity contribution in [3.8, 4) is 0 Å². The topological polar surface area (TPSA) is 22.3 Å². The van der Waals surface area contributed by atoms with Crippen LogP contribution in [0, 0.1) is 0 Å². The molecule has 1 fully saturated rings. The molecule has 24 heavy (non-hydrogen) atoms. The first-order valence-electron chi connectivity index (χ1n) is 8.52. The van der Waals surface area contributed by atoms with Gasteiger partial charge in [-0.05, 0) is 37.0 Å². The van der Waals surface area contributed by atoms with Gasteiger partial charge in [0.15, 0.2) is 0 Å². The summed E-state index contributed by atoms with van der Waals surface area (Å²) < 4.78 is 0. The van der Waals surface area contributed by atoms with Gasteiger partial charge < -0.3 is 4.98 Å². The van der Waals surface area contributed by atoms with E-state index in [0.717, 1.165) is 54.3 Å². The lowest BCUT2D eigenvalue weighted by molar-refractivity contribution is 0.247. The number of aromatic amines is 1. The van der Waals surface area contributed by atoms with Crippen molar-refractivity contribution < 1.29 is 0 Å². The van der Waals surface area contributed by atoms with Crippen LogP contribution in [0.5, 0.6) is 0 Å². The molecule has 3 nitrogen and oxygen atoms in total. The second kappa shape index (κ2) is 7.28. The zero-order valence-corrected chi connectivity index (χ0v) is 15.2. The van der Waals surface area contributed by atoms with Gasteiger partial charge in [-0.25, -0.2) is 0 Å². The van der Waals surface area contributed by atoms with Gasteiger partial charge in [-0.2, -0.15) is 0 Å². The minimum absolute atomic E-state index is 0.880. The highest BCUT2D eigenvalue weighted by Crippen LogP contribution is 2.28. The van der Waals surface area contributed by atoms with Gasteiger partial charge in [0, 0.05) is 47.7 Å². The molecule has 0 bridgehead atoms. The van der Waals surface area contributed by atoms with Gasteiger partial charge in [-0.1, -0.05) is 35.9 Å². The first-order valence-corrected chi connectivity index (χ1v) is 9.77. The summed E-state index contributed by atoms with van der Waals surface area (Å²) >= 11 is 8.43. The number of thiophene rings is 1. The fourth-order valence-electron chi connectivity index (χ4n) is 3.46. The Kier molecular flexibility index (Phi) is 4.90. The molecule has 1 aromatic carbocycles. The molecule has 0 unspecified atom stereocenters. The smallest absolute Gasteiger partial charge is 0.0705 e. The molecule has 1 N–H and O–H groups in total. The maximum absolute atomic E-state index is 6.57. The molecule has 5 heteroatoms. The Morgan fingerprint density at radius 3 is 2.50 bits per heavy atom. The fraction of sp³-hybridized carbons (Fsp3) is 0.368. The maximum Gasteiger partial charge on any atom is 0.0705 e. The zero-order chi connectivity index (χ0) is 16.4. The van der Waals surface area contributed by atoms with Crippen LogP contribution in [-0.2, 0) is 13.1 Å². The van der Waals surface area contributed by atoms with E-state index in [1.165, 1.54) is 17.8 Å². The summed E-state index contributed by atoms with van der Waals surface area (Å²) in [5.74, 6) is 0. The van der Waals surface area contributed by atoms with Crippen LogP contribution in [0.3, 0.4) is 0 Å². The molecule has 0 amide bonds. The zero-order valence-electron chi connectivity index (χ0n) is 13.7. The molecule has 1 saturated heterocycles. The largest absolute Gasteiger partial charge is 0.356 e. The number of halogens is 1. The van der Waals surface area contributed by atoms with Crippen molar-refractivity contribution >= 4 is 33.8 Å². The number of rotatable bonds is 4. The predicted octanol–water partition coefficient (Wildman–Crippen LogP) is 4.59. The van der Waals surface area contributed by atoms with E-state index in [1.807, 2.05) is 23.5 Å². The van der Waals surface area contributed by atoms with Crippen molar-refractivity contribution in [2.45, 2.75) is 19.5 Å². The minimum atomic E-state index is 0.880. The minimum Gasteiger partial charge on any atom is -0.356 e. The standard InChI is InChI=1S/C19H22ClN3S/c20-19-16-6-1-2-7-17(16)21-18(19)14-23-9-4-8-22(10-11-23)13-15-5-3-12-24-15/h1-3,5-7,12,21H,4,8-11,13-14H2. The lowest BCUT2D eigenvalue weighted by Gasteiger charge is -2.21. The Balaban J connectivity index is 1.41. The maximum atomic E-state index is 6.57. The van der Waals surface area contributed by atoms with E-state index in [0.29, 0.717) is 0 Å². The lowest BCUT2D eigenvalue weighted by Crippen LogP contribution is -2.30. The molecule has 0 aliphatic carbocycles.